The maximum atomic E-state index is 12.0. The standard InChI is InChI=1S/C12H22N2O/c1-3-12(6-7-12)11(15)14-10-5-4-8-13-9(10)2/h9-10,13H,3-8H2,1-2H3,(H,14,15). The van der Waals surface area contributed by atoms with E-state index in [0.717, 1.165) is 32.2 Å². The van der Waals surface area contributed by atoms with Crippen molar-refractivity contribution in [3.05, 3.63) is 0 Å². The van der Waals surface area contributed by atoms with Crippen LogP contribution in [0.15, 0.2) is 0 Å². The Bertz CT molecular complexity index is 248. The molecule has 2 N–H and O–H groups in total. The van der Waals surface area contributed by atoms with Crippen molar-refractivity contribution < 1.29 is 4.79 Å². The highest BCUT2D eigenvalue weighted by Crippen LogP contribution is 2.48. The van der Waals surface area contributed by atoms with Crippen molar-refractivity contribution in [2.45, 2.75) is 58.0 Å². The lowest BCUT2D eigenvalue weighted by molar-refractivity contribution is -0.127. The Morgan fingerprint density at radius 2 is 2.27 bits per heavy atom. The molecule has 3 heteroatoms. The first-order valence-corrected chi connectivity index (χ1v) is 6.22. The summed E-state index contributed by atoms with van der Waals surface area (Å²) >= 11 is 0. The van der Waals surface area contributed by atoms with Crippen LogP contribution in [-0.4, -0.2) is 24.5 Å². The van der Waals surface area contributed by atoms with Gasteiger partial charge in [0.1, 0.15) is 0 Å². The fraction of sp³-hybridized carbons (Fsp3) is 0.917. The molecule has 0 aromatic rings. The van der Waals surface area contributed by atoms with Crippen LogP contribution in [0.3, 0.4) is 0 Å². The van der Waals surface area contributed by atoms with Gasteiger partial charge in [-0.3, -0.25) is 4.79 Å². The third-order valence-electron chi connectivity index (χ3n) is 4.09. The second-order valence-electron chi connectivity index (χ2n) is 5.10. The lowest BCUT2D eigenvalue weighted by Crippen LogP contribution is -2.53. The van der Waals surface area contributed by atoms with Crippen LogP contribution in [0.25, 0.3) is 0 Å². The van der Waals surface area contributed by atoms with Gasteiger partial charge in [0.2, 0.25) is 5.91 Å². The average molecular weight is 210 g/mol. The van der Waals surface area contributed by atoms with E-state index in [0.29, 0.717) is 18.0 Å². The van der Waals surface area contributed by atoms with Crippen molar-refractivity contribution in [2.24, 2.45) is 5.41 Å². The number of hydrogen-bond donors (Lipinski definition) is 2. The van der Waals surface area contributed by atoms with Crippen LogP contribution in [0.1, 0.15) is 46.0 Å². The Hall–Kier alpha value is -0.570. The van der Waals surface area contributed by atoms with Gasteiger partial charge in [-0.25, -0.2) is 0 Å². The molecule has 0 bridgehead atoms. The topological polar surface area (TPSA) is 41.1 Å². The van der Waals surface area contributed by atoms with Crippen molar-refractivity contribution in [2.75, 3.05) is 6.54 Å². The molecule has 0 radical (unpaired) electrons. The van der Waals surface area contributed by atoms with E-state index in [1.165, 1.54) is 6.42 Å². The van der Waals surface area contributed by atoms with Gasteiger partial charge in [-0.1, -0.05) is 6.92 Å². The highest BCUT2D eigenvalue weighted by Gasteiger charge is 2.48. The lowest BCUT2D eigenvalue weighted by atomic mass is 9.97. The van der Waals surface area contributed by atoms with Gasteiger partial charge >= 0.3 is 0 Å². The maximum absolute atomic E-state index is 12.0. The molecule has 2 fully saturated rings. The van der Waals surface area contributed by atoms with Crippen LogP contribution in [0.2, 0.25) is 0 Å². The van der Waals surface area contributed by atoms with Crippen LogP contribution in [0, 0.1) is 5.41 Å². The molecule has 3 nitrogen and oxygen atoms in total. The molecule has 1 aliphatic heterocycles. The molecule has 2 rings (SSSR count). The molecule has 1 amide bonds. The molecule has 0 aromatic carbocycles. The molecule has 0 aromatic heterocycles. The molecule has 1 saturated carbocycles. The van der Waals surface area contributed by atoms with Crippen molar-refractivity contribution in [3.8, 4) is 0 Å². The summed E-state index contributed by atoms with van der Waals surface area (Å²) in [7, 11) is 0. The van der Waals surface area contributed by atoms with E-state index in [1.807, 2.05) is 0 Å². The van der Waals surface area contributed by atoms with E-state index >= 15 is 0 Å². The van der Waals surface area contributed by atoms with Crippen molar-refractivity contribution in [1.29, 1.82) is 0 Å². The molecule has 1 aliphatic carbocycles. The molecule has 1 heterocycles. The molecule has 2 unspecified atom stereocenters. The van der Waals surface area contributed by atoms with Crippen LogP contribution in [0.5, 0.6) is 0 Å². The van der Waals surface area contributed by atoms with Gasteiger partial charge in [-0.15, -0.1) is 0 Å². The van der Waals surface area contributed by atoms with Crippen LogP contribution < -0.4 is 10.6 Å². The summed E-state index contributed by atoms with van der Waals surface area (Å²) in [4.78, 5) is 12.0. The van der Waals surface area contributed by atoms with Gasteiger partial charge < -0.3 is 10.6 Å². The molecule has 86 valence electrons. The number of hydrogen-bond acceptors (Lipinski definition) is 2. The zero-order chi connectivity index (χ0) is 10.9. The van der Waals surface area contributed by atoms with E-state index < -0.39 is 0 Å². The normalized spacial score (nSPS) is 33.5. The van der Waals surface area contributed by atoms with Crippen LogP contribution >= 0.6 is 0 Å². The average Bonchev–Trinajstić information content (AvgIpc) is 3.02. The van der Waals surface area contributed by atoms with Gasteiger partial charge in [0, 0.05) is 17.5 Å². The van der Waals surface area contributed by atoms with Gasteiger partial charge in [0.05, 0.1) is 0 Å². The molecule has 15 heavy (non-hydrogen) atoms. The van der Waals surface area contributed by atoms with Crippen molar-refractivity contribution in [1.82, 2.24) is 10.6 Å². The summed E-state index contributed by atoms with van der Waals surface area (Å²) in [6.07, 6.45) is 5.47. The maximum Gasteiger partial charge on any atom is 0.226 e. The number of carbonyl (C=O) groups excluding carboxylic acids is 1. The van der Waals surface area contributed by atoms with Crippen molar-refractivity contribution in [3.63, 3.8) is 0 Å². The molecule has 2 aliphatic rings. The molecular formula is C12H22N2O. The number of carbonyl (C=O) groups is 1. The Morgan fingerprint density at radius 1 is 1.53 bits per heavy atom. The monoisotopic (exact) mass is 210 g/mol. The first-order valence-electron chi connectivity index (χ1n) is 6.22. The van der Waals surface area contributed by atoms with Gasteiger partial charge in [0.15, 0.2) is 0 Å². The number of nitrogens with one attached hydrogen (secondary N) is 2. The number of amides is 1. The molecule has 0 spiro atoms. The van der Waals surface area contributed by atoms with Crippen LogP contribution in [0.4, 0.5) is 0 Å². The zero-order valence-electron chi connectivity index (χ0n) is 9.81. The number of piperidine rings is 1. The minimum Gasteiger partial charge on any atom is -0.351 e. The first-order chi connectivity index (χ1) is 7.18. The fourth-order valence-corrected chi connectivity index (χ4v) is 2.45. The quantitative estimate of drug-likeness (QED) is 0.740. The summed E-state index contributed by atoms with van der Waals surface area (Å²) in [5, 5.41) is 6.63. The first kappa shape index (κ1) is 10.9. The largest absolute Gasteiger partial charge is 0.351 e. The third kappa shape index (κ3) is 2.17. The predicted octanol–water partition coefficient (Wildman–Crippen LogP) is 1.43. The Balaban J connectivity index is 1.88. The second-order valence-corrected chi connectivity index (χ2v) is 5.10. The van der Waals surface area contributed by atoms with Crippen molar-refractivity contribution >= 4 is 5.91 Å². The Labute approximate surface area is 92.0 Å². The SMILES string of the molecule is CCC1(C(=O)NC2CCCNC2C)CC1. The smallest absolute Gasteiger partial charge is 0.226 e. The highest BCUT2D eigenvalue weighted by atomic mass is 16.2. The fourth-order valence-electron chi connectivity index (χ4n) is 2.45. The molecule has 1 saturated heterocycles. The zero-order valence-corrected chi connectivity index (χ0v) is 9.81. The summed E-state index contributed by atoms with van der Waals surface area (Å²) in [6, 6.07) is 0.769. The lowest BCUT2D eigenvalue weighted by Gasteiger charge is -2.31. The molecular weight excluding hydrogens is 188 g/mol. The van der Waals surface area contributed by atoms with E-state index in [1.54, 1.807) is 0 Å². The third-order valence-corrected chi connectivity index (χ3v) is 4.09. The van der Waals surface area contributed by atoms with Gasteiger partial charge in [-0.05, 0) is 45.6 Å². The second kappa shape index (κ2) is 4.12. The Morgan fingerprint density at radius 3 is 2.80 bits per heavy atom. The van der Waals surface area contributed by atoms with E-state index in [9.17, 15) is 4.79 Å². The van der Waals surface area contributed by atoms with E-state index in [4.69, 9.17) is 0 Å². The highest BCUT2D eigenvalue weighted by molar-refractivity contribution is 5.85. The summed E-state index contributed by atoms with van der Waals surface area (Å²) in [5.41, 5.74) is 0.0111. The summed E-state index contributed by atoms with van der Waals surface area (Å²) in [5.74, 6) is 0.297. The summed E-state index contributed by atoms with van der Waals surface area (Å²) in [6.45, 7) is 5.37. The van der Waals surface area contributed by atoms with Crippen LogP contribution in [-0.2, 0) is 4.79 Å². The molecule has 2 atom stereocenters. The Kier molecular flexibility index (Phi) is 3.01. The minimum atomic E-state index is 0.0111. The van der Waals surface area contributed by atoms with E-state index in [-0.39, 0.29) is 5.41 Å². The van der Waals surface area contributed by atoms with Gasteiger partial charge in [0.25, 0.3) is 0 Å². The number of rotatable bonds is 3. The minimum absolute atomic E-state index is 0.0111. The van der Waals surface area contributed by atoms with Gasteiger partial charge in [-0.2, -0.15) is 0 Å². The van der Waals surface area contributed by atoms with E-state index in [2.05, 4.69) is 24.5 Å². The summed E-state index contributed by atoms with van der Waals surface area (Å²) < 4.78 is 0. The predicted molar refractivity (Wildman–Crippen MR) is 60.6 cm³/mol.